The molecule has 0 radical (unpaired) electrons. The van der Waals surface area contributed by atoms with E-state index in [1.54, 1.807) is 0 Å². The highest BCUT2D eigenvalue weighted by atomic mass is 16.7. The molecule has 0 bridgehead atoms. The van der Waals surface area contributed by atoms with Crippen LogP contribution in [0.1, 0.15) is 0 Å². The highest BCUT2D eigenvalue weighted by molar-refractivity contribution is 5.80. The van der Waals surface area contributed by atoms with Crippen LogP contribution in [0.3, 0.4) is 0 Å². The zero-order valence-electron chi connectivity index (χ0n) is 4.74. The number of carbonyl (C=O) groups is 1. The standard InChI is InChI=1S/C5H7NO3/c6-5(7)4-1-2-8-3-9-4/h1-2,4H,3H2,(H2,6,7). The molecule has 0 spiro atoms. The molecule has 50 valence electrons. The van der Waals surface area contributed by atoms with Gasteiger partial charge in [-0.25, -0.2) is 0 Å². The minimum atomic E-state index is -0.612. The average Bonchev–Trinajstić information content (AvgIpc) is 1.90. The summed E-state index contributed by atoms with van der Waals surface area (Å²) in [4.78, 5) is 10.3. The van der Waals surface area contributed by atoms with Crippen molar-refractivity contribution >= 4 is 5.91 Å². The van der Waals surface area contributed by atoms with Crippen LogP contribution in [0.5, 0.6) is 0 Å². The molecule has 0 saturated carbocycles. The third-order valence-electron chi connectivity index (χ3n) is 0.946. The van der Waals surface area contributed by atoms with E-state index in [4.69, 9.17) is 10.5 Å². The number of nitrogens with two attached hydrogens (primary N) is 1. The molecule has 1 heterocycles. The molecule has 1 amide bonds. The smallest absolute Gasteiger partial charge is 0.250 e. The third kappa shape index (κ3) is 1.43. The molecule has 0 aliphatic carbocycles. The summed E-state index contributed by atoms with van der Waals surface area (Å²) in [7, 11) is 0. The van der Waals surface area contributed by atoms with Crippen LogP contribution in [-0.4, -0.2) is 18.8 Å². The first-order valence-corrected chi connectivity index (χ1v) is 2.50. The van der Waals surface area contributed by atoms with E-state index in [0.717, 1.165) is 0 Å². The number of primary amides is 1. The van der Waals surface area contributed by atoms with Gasteiger partial charge in [0.2, 0.25) is 0 Å². The summed E-state index contributed by atoms with van der Waals surface area (Å²) < 4.78 is 9.40. The topological polar surface area (TPSA) is 61.6 Å². The maximum absolute atomic E-state index is 10.3. The summed E-state index contributed by atoms with van der Waals surface area (Å²) in [5.74, 6) is -0.491. The number of hydrogen-bond acceptors (Lipinski definition) is 3. The molecule has 1 atom stereocenters. The van der Waals surface area contributed by atoms with E-state index in [0.29, 0.717) is 0 Å². The van der Waals surface area contributed by atoms with Crippen molar-refractivity contribution in [1.29, 1.82) is 0 Å². The Morgan fingerprint density at radius 1 is 1.78 bits per heavy atom. The molecule has 1 aliphatic rings. The second-order valence-corrected chi connectivity index (χ2v) is 1.60. The van der Waals surface area contributed by atoms with Crippen molar-refractivity contribution in [1.82, 2.24) is 0 Å². The van der Waals surface area contributed by atoms with Crippen LogP contribution in [0.4, 0.5) is 0 Å². The van der Waals surface area contributed by atoms with E-state index >= 15 is 0 Å². The summed E-state index contributed by atoms with van der Waals surface area (Å²) in [6, 6.07) is 0. The average molecular weight is 129 g/mol. The van der Waals surface area contributed by atoms with Gasteiger partial charge in [0.15, 0.2) is 12.9 Å². The summed E-state index contributed by atoms with van der Waals surface area (Å²) in [6.07, 6.45) is 2.25. The molecule has 0 fully saturated rings. The lowest BCUT2D eigenvalue weighted by atomic mass is 10.3. The lowest BCUT2D eigenvalue weighted by Gasteiger charge is -2.13. The Kier molecular flexibility index (Phi) is 1.69. The number of ether oxygens (including phenoxy) is 2. The quantitative estimate of drug-likeness (QED) is 0.512. The largest absolute Gasteiger partial charge is 0.475 e. The van der Waals surface area contributed by atoms with Gasteiger partial charge in [0.05, 0.1) is 6.26 Å². The summed E-state index contributed by atoms with van der Waals surface area (Å²) in [6.45, 7) is 0.101. The van der Waals surface area contributed by atoms with Crippen molar-refractivity contribution in [2.75, 3.05) is 6.79 Å². The molecule has 0 aromatic heterocycles. The van der Waals surface area contributed by atoms with Gasteiger partial charge >= 0.3 is 0 Å². The van der Waals surface area contributed by atoms with Crippen molar-refractivity contribution in [2.24, 2.45) is 5.73 Å². The fourth-order valence-electron chi connectivity index (χ4n) is 0.511. The van der Waals surface area contributed by atoms with Crippen LogP contribution < -0.4 is 5.73 Å². The van der Waals surface area contributed by atoms with Crippen LogP contribution in [0.2, 0.25) is 0 Å². The van der Waals surface area contributed by atoms with E-state index < -0.39 is 12.0 Å². The Morgan fingerprint density at radius 2 is 2.56 bits per heavy atom. The minimum Gasteiger partial charge on any atom is -0.475 e. The van der Waals surface area contributed by atoms with Crippen LogP contribution >= 0.6 is 0 Å². The molecular weight excluding hydrogens is 122 g/mol. The third-order valence-corrected chi connectivity index (χ3v) is 0.946. The first-order chi connectivity index (χ1) is 4.30. The van der Waals surface area contributed by atoms with E-state index in [1.807, 2.05) is 0 Å². The van der Waals surface area contributed by atoms with Crippen LogP contribution in [-0.2, 0) is 14.3 Å². The molecule has 1 unspecified atom stereocenters. The molecule has 9 heavy (non-hydrogen) atoms. The molecule has 4 heteroatoms. The van der Waals surface area contributed by atoms with Crippen LogP contribution in [0.15, 0.2) is 12.3 Å². The van der Waals surface area contributed by atoms with Crippen LogP contribution in [0, 0.1) is 0 Å². The van der Waals surface area contributed by atoms with Gasteiger partial charge in [0, 0.05) is 0 Å². The lowest BCUT2D eigenvalue weighted by Crippen LogP contribution is -2.31. The van der Waals surface area contributed by atoms with Crippen LogP contribution in [0.25, 0.3) is 0 Å². The number of rotatable bonds is 1. The predicted molar refractivity (Wildman–Crippen MR) is 29.2 cm³/mol. The maximum atomic E-state index is 10.3. The molecule has 0 aromatic rings. The highest BCUT2D eigenvalue weighted by Crippen LogP contribution is 1.99. The number of carbonyl (C=O) groups excluding carboxylic acids is 1. The number of amides is 1. The first kappa shape index (κ1) is 6.10. The summed E-state index contributed by atoms with van der Waals surface area (Å²) in [5.41, 5.74) is 4.90. The van der Waals surface area contributed by atoms with Crippen molar-refractivity contribution in [3.63, 3.8) is 0 Å². The van der Waals surface area contributed by atoms with Gasteiger partial charge in [0.25, 0.3) is 5.91 Å². The van der Waals surface area contributed by atoms with Gasteiger partial charge in [-0.1, -0.05) is 0 Å². The zero-order chi connectivity index (χ0) is 6.69. The van der Waals surface area contributed by atoms with E-state index in [2.05, 4.69) is 4.74 Å². The maximum Gasteiger partial charge on any atom is 0.250 e. The summed E-state index contributed by atoms with van der Waals surface area (Å²) in [5, 5.41) is 0. The van der Waals surface area contributed by atoms with Crippen molar-refractivity contribution < 1.29 is 14.3 Å². The Morgan fingerprint density at radius 3 is 2.89 bits per heavy atom. The molecule has 2 N–H and O–H groups in total. The zero-order valence-corrected chi connectivity index (χ0v) is 4.74. The molecule has 4 nitrogen and oxygen atoms in total. The fraction of sp³-hybridized carbons (Fsp3) is 0.400. The molecule has 0 saturated heterocycles. The van der Waals surface area contributed by atoms with Crippen molar-refractivity contribution in [2.45, 2.75) is 6.10 Å². The lowest BCUT2D eigenvalue weighted by molar-refractivity contribution is -0.135. The molecular formula is C5H7NO3. The van der Waals surface area contributed by atoms with E-state index in [1.165, 1.54) is 12.3 Å². The minimum absolute atomic E-state index is 0.101. The highest BCUT2D eigenvalue weighted by Gasteiger charge is 2.14. The summed E-state index contributed by atoms with van der Waals surface area (Å²) >= 11 is 0. The first-order valence-electron chi connectivity index (χ1n) is 2.50. The van der Waals surface area contributed by atoms with Gasteiger partial charge < -0.3 is 15.2 Å². The molecule has 0 aromatic carbocycles. The molecule has 1 aliphatic heterocycles. The van der Waals surface area contributed by atoms with Gasteiger partial charge in [0.1, 0.15) is 0 Å². The normalized spacial score (nSPS) is 25.1. The van der Waals surface area contributed by atoms with Gasteiger partial charge in [-0.05, 0) is 6.08 Å². The predicted octanol–water partition coefficient (Wildman–Crippen LogP) is -0.642. The second-order valence-electron chi connectivity index (χ2n) is 1.60. The SMILES string of the molecule is NC(=O)C1C=COCO1. The Balaban J connectivity index is 2.50. The van der Waals surface area contributed by atoms with Gasteiger partial charge in [-0.15, -0.1) is 0 Å². The van der Waals surface area contributed by atoms with Gasteiger partial charge in [-0.3, -0.25) is 4.79 Å². The molecule has 1 rings (SSSR count). The van der Waals surface area contributed by atoms with Gasteiger partial charge in [-0.2, -0.15) is 0 Å². The monoisotopic (exact) mass is 129 g/mol. The van der Waals surface area contributed by atoms with Crippen molar-refractivity contribution in [3.8, 4) is 0 Å². The second kappa shape index (κ2) is 2.50. The van der Waals surface area contributed by atoms with E-state index in [9.17, 15) is 4.79 Å². The Labute approximate surface area is 52.2 Å². The Bertz CT molecular complexity index is 143. The Hall–Kier alpha value is -1.03. The van der Waals surface area contributed by atoms with Crippen molar-refractivity contribution in [3.05, 3.63) is 12.3 Å². The fourth-order valence-corrected chi connectivity index (χ4v) is 0.511. The van der Waals surface area contributed by atoms with E-state index in [-0.39, 0.29) is 6.79 Å². The number of hydrogen-bond donors (Lipinski definition) is 1.